The van der Waals surface area contributed by atoms with E-state index in [4.69, 9.17) is 23.2 Å². The van der Waals surface area contributed by atoms with Crippen molar-refractivity contribution in [2.75, 3.05) is 4.72 Å². The van der Waals surface area contributed by atoms with Gasteiger partial charge in [-0.1, -0.05) is 23.2 Å². The highest BCUT2D eigenvalue weighted by Gasteiger charge is 2.19. The van der Waals surface area contributed by atoms with Crippen molar-refractivity contribution in [1.29, 1.82) is 0 Å². The van der Waals surface area contributed by atoms with Gasteiger partial charge in [0.1, 0.15) is 11.6 Å². The topological polar surface area (TPSA) is 76.9 Å². The lowest BCUT2D eigenvalue weighted by molar-refractivity contribution is 0.599. The molecule has 10 heteroatoms. The number of aryl methyl sites for hydroxylation is 1. The Kier molecular flexibility index (Phi) is 4.68. The second-order valence-corrected chi connectivity index (χ2v) is 7.63. The number of halogens is 3. The van der Waals surface area contributed by atoms with Crippen LogP contribution < -0.4 is 4.72 Å². The van der Waals surface area contributed by atoms with Crippen molar-refractivity contribution in [2.24, 2.45) is 0 Å². The quantitative estimate of drug-likeness (QED) is 0.721. The first-order valence-electron chi connectivity index (χ1n) is 6.93. The molecule has 0 spiro atoms. The molecule has 1 aromatic carbocycles. The third-order valence-corrected chi connectivity index (χ3v) is 5.04. The minimum absolute atomic E-state index is 0.0885. The van der Waals surface area contributed by atoms with Crippen LogP contribution >= 0.6 is 23.2 Å². The fourth-order valence-corrected chi connectivity index (χ4v) is 3.60. The molecule has 2 heterocycles. The van der Waals surface area contributed by atoms with Gasteiger partial charge in [-0.3, -0.25) is 4.72 Å². The third kappa shape index (κ3) is 3.76. The Morgan fingerprint density at radius 1 is 1.16 bits per heavy atom. The zero-order valence-electron chi connectivity index (χ0n) is 12.7. The molecular weight excluding hydrogens is 390 g/mol. The van der Waals surface area contributed by atoms with Crippen LogP contribution in [0, 0.1) is 12.7 Å². The minimum Gasteiger partial charge on any atom is -0.263 e. The molecule has 0 saturated carbocycles. The molecule has 0 aliphatic heterocycles. The molecule has 1 N–H and O–H groups in total. The largest absolute Gasteiger partial charge is 0.263 e. The number of aromatic nitrogens is 3. The van der Waals surface area contributed by atoms with Gasteiger partial charge in [-0.05, 0) is 37.3 Å². The first kappa shape index (κ1) is 17.7. The molecule has 0 bridgehead atoms. The summed E-state index contributed by atoms with van der Waals surface area (Å²) in [7, 11) is -3.94. The Balaban J connectivity index is 2.03. The predicted molar refractivity (Wildman–Crippen MR) is 93.3 cm³/mol. The van der Waals surface area contributed by atoms with E-state index in [9.17, 15) is 12.8 Å². The van der Waals surface area contributed by atoms with Gasteiger partial charge < -0.3 is 0 Å². The van der Waals surface area contributed by atoms with E-state index in [1.807, 2.05) is 0 Å². The number of rotatable bonds is 4. The lowest BCUT2D eigenvalue weighted by atomic mass is 10.4. The van der Waals surface area contributed by atoms with Gasteiger partial charge in [-0.2, -0.15) is 9.78 Å². The molecule has 0 saturated heterocycles. The zero-order chi connectivity index (χ0) is 18.2. The minimum atomic E-state index is -3.94. The third-order valence-electron chi connectivity index (χ3n) is 3.18. The highest BCUT2D eigenvalue weighted by Crippen LogP contribution is 2.26. The van der Waals surface area contributed by atoms with Crippen LogP contribution in [0.2, 0.25) is 10.0 Å². The lowest BCUT2D eigenvalue weighted by Crippen LogP contribution is -2.16. The van der Waals surface area contributed by atoms with E-state index in [0.29, 0.717) is 10.7 Å². The molecule has 0 atom stereocenters. The molecule has 3 aromatic rings. The van der Waals surface area contributed by atoms with Crippen molar-refractivity contribution < 1.29 is 12.8 Å². The summed E-state index contributed by atoms with van der Waals surface area (Å²) >= 11 is 12.0. The van der Waals surface area contributed by atoms with Crippen LogP contribution in [0.25, 0.3) is 5.82 Å². The molecule has 0 aliphatic rings. The van der Waals surface area contributed by atoms with Crippen LogP contribution in [0.4, 0.5) is 10.2 Å². The summed E-state index contributed by atoms with van der Waals surface area (Å²) in [6, 6.07) is 7.45. The van der Waals surface area contributed by atoms with Gasteiger partial charge in [0.15, 0.2) is 5.82 Å². The summed E-state index contributed by atoms with van der Waals surface area (Å²) in [5.41, 5.74) is 0.546. The van der Waals surface area contributed by atoms with Crippen LogP contribution in [-0.2, 0) is 10.0 Å². The summed E-state index contributed by atoms with van der Waals surface area (Å²) in [6.45, 7) is 1.69. The van der Waals surface area contributed by atoms with Crippen molar-refractivity contribution in [3.8, 4) is 5.82 Å². The van der Waals surface area contributed by atoms with Gasteiger partial charge in [0, 0.05) is 12.3 Å². The van der Waals surface area contributed by atoms with Gasteiger partial charge in [-0.25, -0.2) is 17.8 Å². The highest BCUT2D eigenvalue weighted by atomic mass is 35.5. The molecule has 0 unspecified atom stereocenters. The van der Waals surface area contributed by atoms with Crippen molar-refractivity contribution in [1.82, 2.24) is 14.8 Å². The second kappa shape index (κ2) is 6.62. The molecule has 6 nitrogen and oxygen atoms in total. The van der Waals surface area contributed by atoms with E-state index in [1.54, 1.807) is 6.92 Å². The standard InChI is InChI=1S/C15H11Cl2FN4O2S/c1-9-6-14(21-25(23,24)12-4-2-11(18)3-5-12)22(20-9)15-13(17)7-10(16)8-19-15/h2-8,21H,1H3. The molecule has 2 aromatic heterocycles. The molecule has 0 radical (unpaired) electrons. The Labute approximate surface area is 153 Å². The second-order valence-electron chi connectivity index (χ2n) is 5.10. The summed E-state index contributed by atoms with van der Waals surface area (Å²) < 4.78 is 41.7. The van der Waals surface area contributed by atoms with E-state index >= 15 is 0 Å². The Hall–Kier alpha value is -2.16. The van der Waals surface area contributed by atoms with Gasteiger partial charge in [0.05, 0.1) is 20.6 Å². The Morgan fingerprint density at radius 2 is 1.84 bits per heavy atom. The van der Waals surface area contributed by atoms with E-state index < -0.39 is 15.8 Å². The van der Waals surface area contributed by atoms with E-state index in [2.05, 4.69) is 14.8 Å². The van der Waals surface area contributed by atoms with Crippen LogP contribution in [0.1, 0.15) is 5.69 Å². The molecule has 3 rings (SSSR count). The van der Waals surface area contributed by atoms with Crippen molar-refractivity contribution in [2.45, 2.75) is 11.8 Å². The Morgan fingerprint density at radius 3 is 2.48 bits per heavy atom. The van der Waals surface area contributed by atoms with E-state index in [0.717, 1.165) is 12.1 Å². The molecule has 0 aliphatic carbocycles. The number of nitrogens with zero attached hydrogens (tertiary/aromatic N) is 3. The zero-order valence-corrected chi connectivity index (χ0v) is 15.1. The van der Waals surface area contributed by atoms with Crippen molar-refractivity contribution >= 4 is 39.0 Å². The van der Waals surface area contributed by atoms with Gasteiger partial charge >= 0.3 is 0 Å². The number of benzene rings is 1. The molecule has 130 valence electrons. The average Bonchev–Trinajstić information content (AvgIpc) is 2.87. The van der Waals surface area contributed by atoms with E-state index in [1.165, 1.54) is 35.1 Å². The molecular formula is C15H11Cl2FN4O2S. The first-order valence-corrected chi connectivity index (χ1v) is 9.16. The summed E-state index contributed by atoms with van der Waals surface area (Å²) in [6.07, 6.45) is 1.37. The number of pyridine rings is 1. The van der Waals surface area contributed by atoms with Crippen LogP contribution in [-0.4, -0.2) is 23.2 Å². The molecule has 0 fully saturated rings. The van der Waals surface area contributed by atoms with Gasteiger partial charge in [0.2, 0.25) is 0 Å². The molecule has 25 heavy (non-hydrogen) atoms. The van der Waals surface area contributed by atoms with Crippen molar-refractivity contribution in [3.63, 3.8) is 0 Å². The number of anilines is 1. The smallest absolute Gasteiger partial charge is 0.263 e. The number of hydrogen-bond acceptors (Lipinski definition) is 4. The maximum absolute atomic E-state index is 13.0. The summed E-state index contributed by atoms with van der Waals surface area (Å²) in [4.78, 5) is 4.00. The van der Waals surface area contributed by atoms with E-state index in [-0.39, 0.29) is 21.6 Å². The van der Waals surface area contributed by atoms with Crippen molar-refractivity contribution in [3.05, 3.63) is 64.2 Å². The number of nitrogens with one attached hydrogen (secondary N) is 1. The van der Waals surface area contributed by atoms with Crippen LogP contribution in [0.5, 0.6) is 0 Å². The predicted octanol–water partition coefficient (Wildman–Crippen LogP) is 3.82. The maximum atomic E-state index is 13.0. The maximum Gasteiger partial charge on any atom is 0.263 e. The molecule has 0 amide bonds. The number of sulfonamides is 1. The normalized spacial score (nSPS) is 11.5. The SMILES string of the molecule is Cc1cc(NS(=O)(=O)c2ccc(F)cc2)n(-c2ncc(Cl)cc2Cl)n1. The lowest BCUT2D eigenvalue weighted by Gasteiger charge is -2.11. The van der Waals surface area contributed by atoms with Crippen LogP contribution in [0.15, 0.2) is 47.5 Å². The Bertz CT molecular complexity index is 1040. The number of hydrogen-bond donors (Lipinski definition) is 1. The fraction of sp³-hybridized carbons (Fsp3) is 0.0667. The first-order chi connectivity index (χ1) is 11.8. The highest BCUT2D eigenvalue weighted by molar-refractivity contribution is 7.92. The van der Waals surface area contributed by atoms with Crippen LogP contribution in [0.3, 0.4) is 0 Å². The van der Waals surface area contributed by atoms with Gasteiger partial charge in [0.25, 0.3) is 10.0 Å². The van der Waals surface area contributed by atoms with Gasteiger partial charge in [-0.15, -0.1) is 0 Å². The fourth-order valence-electron chi connectivity index (χ4n) is 2.11. The summed E-state index contributed by atoms with van der Waals surface area (Å²) in [5, 5.41) is 4.75. The monoisotopic (exact) mass is 400 g/mol. The summed E-state index contributed by atoms with van der Waals surface area (Å²) in [5.74, 6) is -0.175. The average molecular weight is 401 g/mol.